The molecule has 3 nitrogen and oxygen atoms in total. The maximum absolute atomic E-state index is 4.60. The minimum Gasteiger partial charge on any atom is -0.310 e. The quantitative estimate of drug-likeness (QED) is 0.776. The Morgan fingerprint density at radius 2 is 2.10 bits per heavy atom. The smallest absolute Gasteiger partial charge is 0.0897 e. The van der Waals surface area contributed by atoms with Crippen molar-refractivity contribution in [1.29, 1.82) is 0 Å². The molecule has 21 heavy (non-hydrogen) atoms. The number of aryl methyl sites for hydroxylation is 1. The lowest BCUT2D eigenvalue weighted by molar-refractivity contribution is 0.547. The van der Waals surface area contributed by atoms with Crippen LogP contribution in [0.25, 0.3) is 10.8 Å². The summed E-state index contributed by atoms with van der Waals surface area (Å²) in [5, 5.41) is 9.30. The van der Waals surface area contributed by atoms with Crippen LogP contribution in [0, 0.1) is 6.92 Å². The van der Waals surface area contributed by atoms with E-state index < -0.39 is 0 Å². The van der Waals surface area contributed by atoms with E-state index in [9.17, 15) is 0 Å². The number of aromatic nitrogens is 2. The van der Waals surface area contributed by atoms with Gasteiger partial charge in [-0.15, -0.1) is 11.3 Å². The van der Waals surface area contributed by atoms with E-state index in [2.05, 4.69) is 58.8 Å². The number of nitrogens with one attached hydrogen (secondary N) is 1. The van der Waals surface area contributed by atoms with Gasteiger partial charge in [-0.05, 0) is 24.4 Å². The molecule has 0 aliphatic carbocycles. The van der Waals surface area contributed by atoms with Gasteiger partial charge in [0.1, 0.15) is 0 Å². The van der Waals surface area contributed by atoms with Crippen molar-refractivity contribution in [1.82, 2.24) is 15.3 Å². The Labute approximate surface area is 129 Å². The molecule has 2 heterocycles. The van der Waals surface area contributed by atoms with Crippen molar-refractivity contribution in [2.75, 3.05) is 6.54 Å². The van der Waals surface area contributed by atoms with E-state index in [1.54, 1.807) is 11.3 Å². The van der Waals surface area contributed by atoms with Crippen LogP contribution in [0.3, 0.4) is 0 Å². The fourth-order valence-electron chi connectivity index (χ4n) is 2.67. The highest BCUT2D eigenvalue weighted by molar-refractivity contribution is 7.09. The summed E-state index contributed by atoms with van der Waals surface area (Å²) in [7, 11) is 0. The van der Waals surface area contributed by atoms with E-state index in [-0.39, 0.29) is 6.04 Å². The summed E-state index contributed by atoms with van der Waals surface area (Å²) in [6.45, 7) is 5.12. The first-order valence-electron chi connectivity index (χ1n) is 7.25. The van der Waals surface area contributed by atoms with Crippen LogP contribution in [0.2, 0.25) is 0 Å². The summed E-state index contributed by atoms with van der Waals surface area (Å²) in [6.07, 6.45) is 4.80. The number of hydrogen-bond donors (Lipinski definition) is 1. The second-order valence-corrected chi connectivity index (χ2v) is 6.18. The summed E-state index contributed by atoms with van der Waals surface area (Å²) < 4.78 is 0. The monoisotopic (exact) mass is 297 g/mol. The molecule has 0 spiro atoms. The number of hydrogen-bond acceptors (Lipinski definition) is 4. The molecule has 2 aromatic heterocycles. The largest absolute Gasteiger partial charge is 0.310 e. The van der Waals surface area contributed by atoms with E-state index in [1.807, 2.05) is 12.4 Å². The van der Waals surface area contributed by atoms with Gasteiger partial charge in [0, 0.05) is 35.6 Å². The zero-order chi connectivity index (χ0) is 14.7. The maximum atomic E-state index is 4.60. The molecule has 1 atom stereocenters. The van der Waals surface area contributed by atoms with Crippen molar-refractivity contribution < 1.29 is 0 Å². The molecule has 0 saturated heterocycles. The number of pyridine rings is 1. The Morgan fingerprint density at radius 1 is 1.24 bits per heavy atom. The fourth-order valence-corrected chi connectivity index (χ4v) is 3.29. The molecule has 3 aromatic rings. The van der Waals surface area contributed by atoms with Crippen molar-refractivity contribution in [2.24, 2.45) is 0 Å². The van der Waals surface area contributed by atoms with Crippen molar-refractivity contribution in [3.8, 4) is 0 Å². The minimum atomic E-state index is 0.245. The summed E-state index contributed by atoms with van der Waals surface area (Å²) in [5.74, 6) is 0. The number of nitrogens with zero attached hydrogens (tertiary/aromatic N) is 2. The van der Waals surface area contributed by atoms with Crippen molar-refractivity contribution in [2.45, 2.75) is 26.3 Å². The standard InChI is InChI=1S/C17H19N3S/c1-3-19-17(8-14-11-21-12(2)20-14)16-10-18-9-13-6-4-5-7-15(13)16/h4-7,9-11,17,19H,3,8H2,1-2H3. The van der Waals surface area contributed by atoms with Gasteiger partial charge in [0.2, 0.25) is 0 Å². The first-order valence-corrected chi connectivity index (χ1v) is 8.13. The van der Waals surface area contributed by atoms with E-state index in [0.29, 0.717) is 0 Å². The second-order valence-electron chi connectivity index (χ2n) is 5.12. The Balaban J connectivity index is 1.98. The fraction of sp³-hybridized carbons (Fsp3) is 0.294. The average molecular weight is 297 g/mol. The molecule has 108 valence electrons. The van der Waals surface area contributed by atoms with Crippen LogP contribution >= 0.6 is 11.3 Å². The van der Waals surface area contributed by atoms with Crippen LogP contribution < -0.4 is 5.32 Å². The van der Waals surface area contributed by atoms with Gasteiger partial charge < -0.3 is 5.32 Å². The van der Waals surface area contributed by atoms with Gasteiger partial charge in [-0.25, -0.2) is 4.98 Å². The first-order chi connectivity index (χ1) is 10.3. The lowest BCUT2D eigenvalue weighted by atomic mass is 9.98. The third-order valence-electron chi connectivity index (χ3n) is 3.60. The van der Waals surface area contributed by atoms with Crippen LogP contribution in [-0.2, 0) is 6.42 Å². The first kappa shape index (κ1) is 14.2. The van der Waals surface area contributed by atoms with Gasteiger partial charge in [0.15, 0.2) is 0 Å². The lowest BCUT2D eigenvalue weighted by Crippen LogP contribution is -2.23. The van der Waals surface area contributed by atoms with Crippen molar-refractivity contribution in [3.05, 3.63) is 58.3 Å². The van der Waals surface area contributed by atoms with Gasteiger partial charge in [0.25, 0.3) is 0 Å². The predicted octanol–water partition coefficient (Wildman–Crippen LogP) is 3.89. The number of benzene rings is 1. The normalized spacial score (nSPS) is 12.7. The number of rotatable bonds is 5. The summed E-state index contributed by atoms with van der Waals surface area (Å²) >= 11 is 1.71. The average Bonchev–Trinajstić information content (AvgIpc) is 2.91. The molecule has 0 aliphatic heterocycles. The summed E-state index contributed by atoms with van der Waals surface area (Å²) in [4.78, 5) is 9.00. The van der Waals surface area contributed by atoms with E-state index in [4.69, 9.17) is 0 Å². The number of likely N-dealkylation sites (N-methyl/N-ethyl adjacent to an activating group) is 1. The SMILES string of the molecule is CCNC(Cc1csc(C)n1)c1cncc2ccccc12. The predicted molar refractivity (Wildman–Crippen MR) is 88.7 cm³/mol. The van der Waals surface area contributed by atoms with Gasteiger partial charge in [-0.1, -0.05) is 31.2 Å². The highest BCUT2D eigenvalue weighted by Crippen LogP contribution is 2.26. The van der Waals surface area contributed by atoms with Gasteiger partial charge >= 0.3 is 0 Å². The van der Waals surface area contributed by atoms with Crippen LogP contribution in [0.4, 0.5) is 0 Å². The third-order valence-corrected chi connectivity index (χ3v) is 4.43. The molecule has 3 rings (SSSR count). The highest BCUT2D eigenvalue weighted by Gasteiger charge is 2.15. The zero-order valence-electron chi connectivity index (χ0n) is 12.3. The second kappa shape index (κ2) is 6.33. The van der Waals surface area contributed by atoms with Crippen molar-refractivity contribution >= 4 is 22.1 Å². The number of thiazole rings is 1. The van der Waals surface area contributed by atoms with E-state index in [1.165, 1.54) is 16.3 Å². The molecule has 0 saturated carbocycles. The maximum Gasteiger partial charge on any atom is 0.0897 e. The minimum absolute atomic E-state index is 0.245. The van der Waals surface area contributed by atoms with Crippen LogP contribution in [-0.4, -0.2) is 16.5 Å². The summed E-state index contributed by atoms with van der Waals surface area (Å²) in [5.41, 5.74) is 2.40. The topological polar surface area (TPSA) is 37.8 Å². The van der Waals surface area contributed by atoms with Crippen LogP contribution in [0.1, 0.15) is 29.2 Å². The molecule has 0 bridgehead atoms. The summed E-state index contributed by atoms with van der Waals surface area (Å²) in [6, 6.07) is 8.67. The van der Waals surface area contributed by atoms with Crippen LogP contribution in [0.5, 0.6) is 0 Å². The molecule has 0 amide bonds. The third kappa shape index (κ3) is 3.12. The molecule has 0 fully saturated rings. The van der Waals surface area contributed by atoms with Gasteiger partial charge in [-0.3, -0.25) is 4.98 Å². The molecule has 1 N–H and O–H groups in total. The van der Waals surface area contributed by atoms with Gasteiger partial charge in [0.05, 0.1) is 10.7 Å². The Hall–Kier alpha value is -1.78. The van der Waals surface area contributed by atoms with Crippen LogP contribution in [0.15, 0.2) is 42.0 Å². The highest BCUT2D eigenvalue weighted by atomic mass is 32.1. The molecule has 0 radical (unpaired) electrons. The molecule has 0 aliphatic rings. The number of fused-ring (bicyclic) bond motifs is 1. The van der Waals surface area contributed by atoms with Crippen molar-refractivity contribution in [3.63, 3.8) is 0 Å². The Bertz CT molecular complexity index is 730. The molecule has 1 aromatic carbocycles. The van der Waals surface area contributed by atoms with E-state index >= 15 is 0 Å². The Kier molecular flexibility index (Phi) is 4.27. The Morgan fingerprint density at radius 3 is 2.86 bits per heavy atom. The molecule has 1 unspecified atom stereocenters. The van der Waals surface area contributed by atoms with E-state index in [0.717, 1.165) is 23.7 Å². The molecular weight excluding hydrogens is 278 g/mol. The zero-order valence-corrected chi connectivity index (χ0v) is 13.2. The molecule has 4 heteroatoms. The lowest BCUT2D eigenvalue weighted by Gasteiger charge is -2.19. The van der Waals surface area contributed by atoms with Gasteiger partial charge in [-0.2, -0.15) is 0 Å². The molecular formula is C17H19N3S.